The summed E-state index contributed by atoms with van der Waals surface area (Å²) in [5.74, 6) is -19.5. The lowest BCUT2D eigenvalue weighted by Crippen LogP contribution is -2.65. The molecule has 0 radical (unpaired) electrons. The lowest BCUT2D eigenvalue weighted by Gasteiger charge is -2.36. The number of hydrogen-bond acceptors (Lipinski definition) is 26. The fraction of sp³-hybridized carbons (Fsp3) is 0.607. The number of hydrogen-bond donors (Lipinski definition) is 30. The van der Waals surface area contributed by atoms with Crippen LogP contribution in [0, 0.1) is 16.7 Å². The number of amides is 19. The van der Waals surface area contributed by atoms with Gasteiger partial charge in [-0.2, -0.15) is 0 Å². The van der Waals surface area contributed by atoms with Crippen LogP contribution in [0.1, 0.15) is 175 Å². The number of primary amides is 3. The third-order valence-corrected chi connectivity index (χ3v) is 20.5. The fourth-order valence-corrected chi connectivity index (χ4v) is 13.4. The lowest BCUT2D eigenvalue weighted by molar-refractivity contribution is -0.139. The molecule has 0 unspecified atom stereocenters. The van der Waals surface area contributed by atoms with Gasteiger partial charge in [-0.1, -0.05) is 101 Å². The Balaban J connectivity index is 2.43. The highest BCUT2D eigenvalue weighted by Gasteiger charge is 2.44. The van der Waals surface area contributed by atoms with E-state index in [0.717, 1.165) is 12.5 Å². The number of aliphatic hydroxyl groups is 2. The molecule has 49 heteroatoms. The third-order valence-electron chi connectivity index (χ3n) is 20.5. The van der Waals surface area contributed by atoms with Crippen LogP contribution in [0.3, 0.4) is 0 Å². The van der Waals surface area contributed by atoms with E-state index in [0.29, 0.717) is 18.4 Å². The molecule has 38 N–H and O–H groups in total. The van der Waals surface area contributed by atoms with Gasteiger partial charge in [0.15, 0.2) is 11.9 Å². The standard InChI is InChI=1S/C84H140N28O21/c1-8-32-84(33-9-2,81(133)110-57(29-21-37-96-83(93)94)75(127)106-54(26-16-18-34-85)73(125)108-58(38-46(3)4)76(128)101-48(6)70(122)107-60(41-63(89)116)77(129)103-53(68(90)120)30-31-62(88)115)112-79(131)61(45-113)109-74(126)55(27-17-19-35-86)105-72(124)56(28-20-36-95-82(91)92)104-69(121)47(5)100-65(118)44-99-80(132)67(49(7)114)111-78(130)59(40-51-24-14-11-15-25-51)102-66(119)43-97-64(117)42-98-71(123)52(87)39-50-22-12-10-13-23-50/h10-15,22-25,46-49,52-61,67,113-114H,8-9,16-21,26-45,85-87H2,1-7H3,(H2,88,115)(H2,89,116)(H2,90,120)(H,97,117)(H,98,123)(H,99,132)(H,100,118)(H,101,128)(H,102,119)(H,103,129)(H,104,121)(H,105,124)(H,106,127)(H,107,122)(H,108,125)(H,109,126)(H,110,133)(H,111,130)(H,112,131)(H4,91,92,95)(H4,93,94,96)/t47-,48-,49+,52-,53-,54-,55-,56-,57-,58-,59-,60-,61-,67-/m0/s1. The number of carbonyl (C=O) groups excluding carboxylic acids is 19. The van der Waals surface area contributed by atoms with Gasteiger partial charge in [-0.3, -0.25) is 102 Å². The molecule has 0 saturated heterocycles. The van der Waals surface area contributed by atoms with E-state index >= 15 is 4.79 Å². The van der Waals surface area contributed by atoms with E-state index in [2.05, 4.69) is 95.7 Å². The Labute approximate surface area is 771 Å². The van der Waals surface area contributed by atoms with Crippen LogP contribution in [0.2, 0.25) is 0 Å². The van der Waals surface area contributed by atoms with Crippen LogP contribution in [0.15, 0.2) is 60.7 Å². The summed E-state index contributed by atoms with van der Waals surface area (Å²) < 4.78 is 0. The predicted molar refractivity (Wildman–Crippen MR) is 486 cm³/mol. The first-order valence-corrected chi connectivity index (χ1v) is 44.2. The quantitative estimate of drug-likeness (QED) is 0.0166. The van der Waals surface area contributed by atoms with Crippen molar-refractivity contribution in [3.63, 3.8) is 0 Å². The van der Waals surface area contributed by atoms with Crippen LogP contribution in [0.4, 0.5) is 0 Å². The van der Waals surface area contributed by atoms with Gasteiger partial charge in [0.1, 0.15) is 78.0 Å². The van der Waals surface area contributed by atoms with Gasteiger partial charge >= 0.3 is 0 Å². The van der Waals surface area contributed by atoms with Crippen LogP contribution < -0.4 is 142 Å². The van der Waals surface area contributed by atoms with Gasteiger partial charge in [0, 0.05) is 25.9 Å². The van der Waals surface area contributed by atoms with Crippen molar-refractivity contribution in [2.75, 3.05) is 52.4 Å². The SMILES string of the molecule is CCCC(CCC)(NC(=O)[C@H](CO)NC(=O)[C@H](CCCCN)NC(=O)[C@H](CCCNC(=N)N)NC(=O)[C@H](C)NC(=O)CNC(=O)[C@@H](NC(=O)[C@H](Cc1ccccc1)NC(=O)CNC(=O)CNC(=O)[C@@H](N)Cc1ccccc1)[C@@H](C)O)C(=O)N[C@@H](CCCNC(=N)N)C(=O)N[C@@H](CCCCN)C(=O)N[C@@H](CC(C)C)C(=O)N[C@@H](C)C(=O)N[C@@H](CC(N)=O)C(=O)N[C@@H](CCC(N)=O)C(N)=O. The summed E-state index contributed by atoms with van der Waals surface area (Å²) in [4.78, 5) is 259. The smallest absolute Gasteiger partial charge is 0.246 e. The molecule has 0 aliphatic heterocycles. The van der Waals surface area contributed by atoms with Crippen LogP contribution in [0.5, 0.6) is 0 Å². The highest BCUT2D eigenvalue weighted by molar-refractivity contribution is 6.02. The maximum Gasteiger partial charge on any atom is 0.246 e. The van der Waals surface area contributed by atoms with Crippen molar-refractivity contribution in [3.8, 4) is 0 Å². The molecule has 133 heavy (non-hydrogen) atoms. The van der Waals surface area contributed by atoms with E-state index in [-0.39, 0.29) is 141 Å². The van der Waals surface area contributed by atoms with Crippen molar-refractivity contribution in [2.24, 2.45) is 51.8 Å². The van der Waals surface area contributed by atoms with Crippen LogP contribution >= 0.6 is 0 Å². The summed E-state index contributed by atoms with van der Waals surface area (Å²) in [7, 11) is 0. The fourth-order valence-electron chi connectivity index (χ4n) is 13.4. The summed E-state index contributed by atoms with van der Waals surface area (Å²) in [5, 5.41) is 81.8. The van der Waals surface area contributed by atoms with Crippen LogP contribution in [0.25, 0.3) is 0 Å². The zero-order valence-electron chi connectivity index (χ0n) is 76.5. The minimum Gasteiger partial charge on any atom is -0.394 e. The number of guanidine groups is 2. The van der Waals surface area contributed by atoms with E-state index in [9.17, 15) is 96.5 Å². The van der Waals surface area contributed by atoms with Crippen molar-refractivity contribution in [1.82, 2.24) is 95.7 Å². The second-order valence-corrected chi connectivity index (χ2v) is 32.5. The molecule has 2 aromatic carbocycles. The third kappa shape index (κ3) is 45.9. The van der Waals surface area contributed by atoms with Gasteiger partial charge in [0.2, 0.25) is 112 Å². The minimum atomic E-state index is -1.93. The Bertz CT molecular complexity index is 4200. The largest absolute Gasteiger partial charge is 0.394 e. The normalized spacial score (nSPS) is 14.2. The molecule has 0 fully saturated rings. The average molecular weight is 1880 g/mol. The number of carbonyl (C=O) groups is 19. The summed E-state index contributed by atoms with van der Waals surface area (Å²) in [5.41, 5.74) is 44.1. The number of unbranched alkanes of at least 4 members (excludes halogenated alkanes) is 2. The summed E-state index contributed by atoms with van der Waals surface area (Å²) in [6.45, 7) is 7.45. The van der Waals surface area contributed by atoms with Crippen molar-refractivity contribution in [3.05, 3.63) is 71.8 Å². The van der Waals surface area contributed by atoms with Gasteiger partial charge in [0.05, 0.1) is 44.8 Å². The monoisotopic (exact) mass is 1880 g/mol. The molecule has 0 spiro atoms. The zero-order chi connectivity index (χ0) is 100. The Morgan fingerprint density at radius 1 is 0.391 bits per heavy atom. The molecule has 2 aromatic rings. The van der Waals surface area contributed by atoms with E-state index in [1.807, 2.05) is 0 Å². The Morgan fingerprint density at radius 3 is 1.26 bits per heavy atom. The molecule has 0 aromatic heterocycles. The molecule has 0 aliphatic rings. The van der Waals surface area contributed by atoms with E-state index in [1.165, 1.54) is 13.8 Å². The molecule has 742 valence electrons. The molecule has 14 atom stereocenters. The summed E-state index contributed by atoms with van der Waals surface area (Å²) >= 11 is 0. The number of aliphatic hydroxyl groups excluding tert-OH is 2. The number of benzene rings is 2. The van der Waals surface area contributed by atoms with Crippen molar-refractivity contribution >= 4 is 124 Å². The molecule has 49 nitrogen and oxygen atoms in total. The van der Waals surface area contributed by atoms with E-state index in [4.69, 9.17) is 56.7 Å². The molecule has 0 heterocycles. The van der Waals surface area contributed by atoms with Gasteiger partial charge in [-0.15, -0.1) is 0 Å². The van der Waals surface area contributed by atoms with Crippen LogP contribution in [-0.2, 0) is 104 Å². The molecule has 0 bridgehead atoms. The first kappa shape index (κ1) is 116. The zero-order valence-corrected chi connectivity index (χ0v) is 76.5. The average Bonchev–Trinajstić information content (AvgIpc) is 0.806. The molecule has 2 rings (SSSR count). The van der Waals surface area contributed by atoms with Crippen molar-refractivity contribution in [1.29, 1.82) is 10.8 Å². The van der Waals surface area contributed by atoms with Crippen molar-refractivity contribution in [2.45, 2.75) is 267 Å². The number of nitrogens with two attached hydrogens (primary N) is 8. The lowest BCUT2D eigenvalue weighted by atomic mass is 9.86. The predicted octanol–water partition coefficient (Wildman–Crippen LogP) is -9.71. The first-order valence-electron chi connectivity index (χ1n) is 44.2. The summed E-state index contributed by atoms with van der Waals surface area (Å²) in [6.07, 6.45) is -2.56. The van der Waals surface area contributed by atoms with Crippen molar-refractivity contribution < 1.29 is 101 Å². The van der Waals surface area contributed by atoms with Gasteiger partial charge in [0.25, 0.3) is 0 Å². The molecular weight excluding hydrogens is 1740 g/mol. The highest BCUT2D eigenvalue weighted by atomic mass is 16.3. The molecule has 0 aliphatic carbocycles. The number of rotatable bonds is 66. The maximum absolute atomic E-state index is 15.2. The topological polar surface area (TPSA) is 837 Å². The van der Waals surface area contributed by atoms with E-state index in [1.54, 1.807) is 88.4 Å². The Morgan fingerprint density at radius 2 is 0.797 bits per heavy atom. The van der Waals surface area contributed by atoms with Gasteiger partial charge in [-0.05, 0) is 147 Å². The molecule has 0 saturated carbocycles. The molecule has 19 amide bonds. The minimum absolute atomic E-state index is 0.0127. The van der Waals surface area contributed by atoms with Crippen LogP contribution in [-0.4, -0.2) is 277 Å². The van der Waals surface area contributed by atoms with Gasteiger partial charge < -0.3 is 152 Å². The number of nitrogens with one attached hydrogen (secondary N) is 20. The molecular formula is C84H140N28O21. The van der Waals surface area contributed by atoms with E-state index < -0.39 is 247 Å². The second kappa shape index (κ2) is 62.1. The Kier molecular flexibility index (Phi) is 54.1. The first-order chi connectivity index (χ1) is 62.8. The second-order valence-electron chi connectivity index (χ2n) is 32.5. The van der Waals surface area contributed by atoms with Gasteiger partial charge in [-0.25, -0.2) is 0 Å². The Hall–Kier alpha value is -13.3. The highest BCUT2D eigenvalue weighted by Crippen LogP contribution is 2.23. The summed E-state index contributed by atoms with van der Waals surface area (Å²) in [6, 6.07) is -2.46. The maximum atomic E-state index is 15.2.